The van der Waals surface area contributed by atoms with Gasteiger partial charge in [-0.3, -0.25) is 14.5 Å². The highest BCUT2D eigenvalue weighted by Gasteiger charge is 2.38. The molecule has 9 nitrogen and oxygen atoms in total. The number of fused-ring (bicyclic) bond motifs is 1. The highest BCUT2D eigenvalue weighted by Crippen LogP contribution is 2.27. The van der Waals surface area contributed by atoms with Gasteiger partial charge in [-0.1, -0.05) is 51.1 Å². The molecule has 2 N–H and O–H groups in total. The molecule has 0 bridgehead atoms. The fourth-order valence-electron chi connectivity index (χ4n) is 4.12. The molecular formula is C28H35N3O6. The van der Waals surface area contributed by atoms with Crippen molar-refractivity contribution >= 4 is 23.8 Å². The van der Waals surface area contributed by atoms with Crippen molar-refractivity contribution in [3.05, 3.63) is 65.2 Å². The second-order valence-corrected chi connectivity index (χ2v) is 9.48. The topological polar surface area (TPSA) is 116 Å². The molecule has 1 aliphatic heterocycles. The van der Waals surface area contributed by atoms with Crippen LogP contribution in [0.25, 0.3) is 0 Å². The van der Waals surface area contributed by atoms with Crippen LogP contribution in [0.2, 0.25) is 0 Å². The van der Waals surface area contributed by atoms with Gasteiger partial charge in [-0.2, -0.15) is 0 Å². The van der Waals surface area contributed by atoms with Crippen molar-refractivity contribution in [2.75, 3.05) is 19.7 Å². The second-order valence-electron chi connectivity index (χ2n) is 9.48. The first-order chi connectivity index (χ1) is 17.7. The Morgan fingerprint density at radius 1 is 1.03 bits per heavy atom. The smallest absolute Gasteiger partial charge is 0.326 e. The summed E-state index contributed by atoms with van der Waals surface area (Å²) >= 11 is 0. The first-order valence-corrected chi connectivity index (χ1v) is 12.7. The molecule has 37 heavy (non-hydrogen) atoms. The van der Waals surface area contributed by atoms with E-state index < -0.39 is 29.9 Å². The third-order valence-electron chi connectivity index (χ3n) is 6.20. The number of ether oxygens (including phenoxy) is 1. The highest BCUT2D eigenvalue weighted by atomic mass is 16.5. The number of hydrogen-bond acceptors (Lipinski definition) is 5. The van der Waals surface area contributed by atoms with Crippen LogP contribution in [0.5, 0.6) is 5.75 Å². The van der Waals surface area contributed by atoms with E-state index in [9.17, 15) is 24.3 Å². The maximum Gasteiger partial charge on any atom is 0.326 e. The van der Waals surface area contributed by atoms with E-state index in [0.717, 1.165) is 16.9 Å². The lowest BCUT2D eigenvalue weighted by Crippen LogP contribution is -2.51. The van der Waals surface area contributed by atoms with Crippen molar-refractivity contribution in [2.24, 2.45) is 5.92 Å². The lowest BCUT2D eigenvalue weighted by atomic mass is 10.1. The van der Waals surface area contributed by atoms with Gasteiger partial charge >= 0.3 is 12.0 Å². The number of nitrogens with zero attached hydrogens (tertiary/aromatic N) is 2. The van der Waals surface area contributed by atoms with Gasteiger partial charge in [-0.25, -0.2) is 9.59 Å². The number of benzene rings is 2. The molecule has 0 unspecified atom stereocenters. The summed E-state index contributed by atoms with van der Waals surface area (Å²) in [5, 5.41) is 12.8. The van der Waals surface area contributed by atoms with Crippen LogP contribution in [0.3, 0.4) is 0 Å². The number of carbonyl (C=O) groups is 4. The van der Waals surface area contributed by atoms with Crippen molar-refractivity contribution in [1.29, 1.82) is 0 Å². The van der Waals surface area contributed by atoms with Gasteiger partial charge in [0, 0.05) is 19.6 Å². The molecule has 0 fully saturated rings. The first kappa shape index (κ1) is 27.7. The van der Waals surface area contributed by atoms with Gasteiger partial charge in [0.2, 0.25) is 0 Å². The Bertz CT molecular complexity index is 1120. The average Bonchev–Trinajstić information content (AvgIpc) is 3.12. The van der Waals surface area contributed by atoms with E-state index in [-0.39, 0.29) is 43.1 Å². The van der Waals surface area contributed by atoms with Gasteiger partial charge < -0.3 is 20.1 Å². The monoisotopic (exact) mass is 509 g/mol. The van der Waals surface area contributed by atoms with Crippen molar-refractivity contribution in [1.82, 2.24) is 15.1 Å². The molecule has 0 aliphatic carbocycles. The molecule has 1 atom stereocenters. The van der Waals surface area contributed by atoms with Gasteiger partial charge in [-0.05, 0) is 48.9 Å². The molecule has 1 heterocycles. The molecule has 2 aromatic rings. The fraction of sp³-hybridized carbons (Fsp3) is 0.429. The zero-order valence-electron chi connectivity index (χ0n) is 21.6. The van der Waals surface area contributed by atoms with Crippen LogP contribution < -0.4 is 10.1 Å². The minimum Gasteiger partial charge on any atom is -0.494 e. The number of aliphatic carboxylic acids is 1. The molecule has 198 valence electrons. The van der Waals surface area contributed by atoms with Crippen molar-refractivity contribution < 1.29 is 29.0 Å². The van der Waals surface area contributed by atoms with Crippen LogP contribution in [-0.2, 0) is 11.3 Å². The summed E-state index contributed by atoms with van der Waals surface area (Å²) in [6, 6.07) is 12.4. The average molecular weight is 510 g/mol. The predicted octanol–water partition coefficient (Wildman–Crippen LogP) is 4.17. The standard InChI is InChI=1S/C28H35N3O6/c1-4-16-37-21-10-11-22-23(17-21)26(33)31(25(22)32)15-13-24(27(34)35)30(14-12-19(2)3)28(36)29-18-20-8-6-5-7-9-20/h5-11,17,19,24H,4,12-16,18H2,1-3H3,(H,29,36)(H,34,35)/t24-/m1/s1. The number of carbonyl (C=O) groups excluding carboxylic acids is 3. The Hall–Kier alpha value is -3.88. The van der Waals surface area contributed by atoms with E-state index in [1.807, 2.05) is 51.1 Å². The lowest BCUT2D eigenvalue weighted by molar-refractivity contribution is -0.142. The molecule has 0 saturated carbocycles. The van der Waals surface area contributed by atoms with E-state index in [1.54, 1.807) is 18.2 Å². The minimum atomic E-state index is -1.21. The van der Waals surface area contributed by atoms with Gasteiger partial charge in [0.1, 0.15) is 11.8 Å². The summed E-state index contributed by atoms with van der Waals surface area (Å²) in [5.41, 5.74) is 1.39. The maximum atomic E-state index is 13.1. The van der Waals surface area contributed by atoms with E-state index in [2.05, 4.69) is 5.32 Å². The summed E-state index contributed by atoms with van der Waals surface area (Å²) in [6.45, 7) is 6.80. The van der Waals surface area contributed by atoms with Crippen molar-refractivity contribution in [2.45, 2.75) is 52.6 Å². The number of rotatable bonds is 13. The predicted molar refractivity (Wildman–Crippen MR) is 138 cm³/mol. The molecule has 0 spiro atoms. The highest BCUT2D eigenvalue weighted by molar-refractivity contribution is 6.21. The van der Waals surface area contributed by atoms with Crippen LogP contribution in [0.1, 0.15) is 66.3 Å². The van der Waals surface area contributed by atoms with E-state index in [1.165, 1.54) is 4.90 Å². The maximum absolute atomic E-state index is 13.1. The molecule has 1 aliphatic rings. The van der Waals surface area contributed by atoms with Crippen LogP contribution in [0, 0.1) is 5.92 Å². The molecule has 3 rings (SSSR count). The summed E-state index contributed by atoms with van der Waals surface area (Å²) in [7, 11) is 0. The zero-order chi connectivity index (χ0) is 26.9. The normalized spacial score (nSPS) is 13.5. The van der Waals surface area contributed by atoms with Crippen molar-refractivity contribution in [3.63, 3.8) is 0 Å². The summed E-state index contributed by atoms with van der Waals surface area (Å²) < 4.78 is 5.58. The summed E-state index contributed by atoms with van der Waals surface area (Å²) in [5.74, 6) is -1.41. The quantitative estimate of drug-likeness (QED) is 0.392. The molecule has 4 amide bonds. The Labute approximate surface area is 217 Å². The Morgan fingerprint density at radius 2 is 1.73 bits per heavy atom. The Balaban J connectivity index is 1.72. The Morgan fingerprint density at radius 3 is 2.38 bits per heavy atom. The molecular weight excluding hydrogens is 474 g/mol. The van der Waals surface area contributed by atoms with Gasteiger partial charge in [0.05, 0.1) is 17.7 Å². The third kappa shape index (κ3) is 7.09. The number of nitrogens with one attached hydrogen (secondary N) is 1. The van der Waals surface area contributed by atoms with Crippen LogP contribution in [0.4, 0.5) is 4.79 Å². The van der Waals surface area contributed by atoms with Crippen LogP contribution in [-0.4, -0.2) is 64.5 Å². The number of amides is 4. The largest absolute Gasteiger partial charge is 0.494 e. The van der Waals surface area contributed by atoms with Crippen molar-refractivity contribution in [3.8, 4) is 5.75 Å². The summed E-state index contributed by atoms with van der Waals surface area (Å²) in [4.78, 5) is 53.6. The molecule has 9 heteroatoms. The second kappa shape index (κ2) is 12.9. The fourth-order valence-corrected chi connectivity index (χ4v) is 4.12. The summed E-state index contributed by atoms with van der Waals surface area (Å²) in [6.07, 6.45) is 1.33. The Kier molecular flexibility index (Phi) is 9.65. The number of hydrogen-bond donors (Lipinski definition) is 2. The lowest BCUT2D eigenvalue weighted by Gasteiger charge is -2.30. The minimum absolute atomic E-state index is 0.0865. The van der Waals surface area contributed by atoms with E-state index in [4.69, 9.17) is 4.74 Å². The number of urea groups is 1. The van der Waals surface area contributed by atoms with Gasteiger partial charge in [0.25, 0.3) is 11.8 Å². The van der Waals surface area contributed by atoms with Crippen LogP contribution in [0.15, 0.2) is 48.5 Å². The first-order valence-electron chi connectivity index (χ1n) is 12.7. The molecule has 0 saturated heterocycles. The number of imide groups is 1. The molecule has 0 aromatic heterocycles. The third-order valence-corrected chi connectivity index (χ3v) is 6.20. The zero-order valence-corrected chi connectivity index (χ0v) is 21.6. The number of carboxylic acid groups (broad SMARTS) is 1. The van der Waals surface area contributed by atoms with E-state index in [0.29, 0.717) is 18.8 Å². The van der Waals surface area contributed by atoms with Gasteiger partial charge in [-0.15, -0.1) is 0 Å². The SMILES string of the molecule is CCCOc1ccc2c(c1)C(=O)N(CC[C@H](C(=O)O)N(CCC(C)C)C(=O)NCc1ccccc1)C2=O. The number of carboxylic acids is 1. The van der Waals surface area contributed by atoms with E-state index >= 15 is 0 Å². The molecule has 2 aromatic carbocycles. The van der Waals surface area contributed by atoms with Crippen LogP contribution >= 0.6 is 0 Å². The van der Waals surface area contributed by atoms with Gasteiger partial charge in [0.15, 0.2) is 0 Å². The molecule has 0 radical (unpaired) electrons.